The van der Waals surface area contributed by atoms with E-state index in [1.807, 2.05) is 12.1 Å². The van der Waals surface area contributed by atoms with Gasteiger partial charge in [0.15, 0.2) is 0 Å². The number of unbranched alkanes of at least 4 members (excludes halogenated alkanes) is 2. The van der Waals surface area contributed by atoms with Crippen molar-refractivity contribution in [1.29, 1.82) is 0 Å². The molecule has 0 spiro atoms. The molecule has 0 saturated carbocycles. The standard InChI is InChI=1S/C16H25ClN2O/c1-3-19(4-2)13-9-5-8-12-18-16(20)14-10-6-7-11-15(14)17/h6-7,10-11H,3-5,8-9,12-13H2,1-2H3,(H,18,20). The van der Waals surface area contributed by atoms with Crippen LogP contribution in [0.15, 0.2) is 24.3 Å². The highest BCUT2D eigenvalue weighted by molar-refractivity contribution is 6.33. The molecule has 1 aromatic rings. The molecule has 0 bridgehead atoms. The molecule has 1 aromatic carbocycles. The summed E-state index contributed by atoms with van der Waals surface area (Å²) in [4.78, 5) is 14.3. The van der Waals surface area contributed by atoms with Gasteiger partial charge >= 0.3 is 0 Å². The minimum atomic E-state index is -0.0839. The molecule has 4 heteroatoms. The van der Waals surface area contributed by atoms with E-state index in [0.717, 1.165) is 32.5 Å². The Morgan fingerprint density at radius 1 is 1.15 bits per heavy atom. The third kappa shape index (κ3) is 5.93. The third-order valence-corrected chi connectivity index (χ3v) is 3.78. The maximum absolute atomic E-state index is 11.9. The fraction of sp³-hybridized carbons (Fsp3) is 0.562. The highest BCUT2D eigenvalue weighted by Crippen LogP contribution is 2.14. The molecule has 0 aliphatic rings. The summed E-state index contributed by atoms with van der Waals surface area (Å²) < 4.78 is 0. The van der Waals surface area contributed by atoms with Crippen LogP contribution in [0.5, 0.6) is 0 Å². The van der Waals surface area contributed by atoms with Crippen LogP contribution in [0.25, 0.3) is 0 Å². The fourth-order valence-corrected chi connectivity index (χ4v) is 2.34. The molecule has 0 radical (unpaired) electrons. The van der Waals surface area contributed by atoms with Gasteiger partial charge in [0.25, 0.3) is 5.91 Å². The van der Waals surface area contributed by atoms with E-state index in [-0.39, 0.29) is 5.91 Å². The van der Waals surface area contributed by atoms with Crippen LogP contribution in [-0.2, 0) is 0 Å². The maximum Gasteiger partial charge on any atom is 0.252 e. The Kier molecular flexibility index (Phi) is 8.31. The summed E-state index contributed by atoms with van der Waals surface area (Å²) in [5.41, 5.74) is 0.553. The molecule has 0 saturated heterocycles. The number of amides is 1. The number of halogens is 1. The summed E-state index contributed by atoms with van der Waals surface area (Å²) in [6.07, 6.45) is 3.33. The Bertz CT molecular complexity index is 405. The minimum absolute atomic E-state index is 0.0839. The SMILES string of the molecule is CCN(CC)CCCCCNC(=O)c1ccccc1Cl. The lowest BCUT2D eigenvalue weighted by Gasteiger charge is -2.17. The van der Waals surface area contributed by atoms with Crippen LogP contribution >= 0.6 is 11.6 Å². The van der Waals surface area contributed by atoms with Crippen LogP contribution in [0.2, 0.25) is 5.02 Å². The first-order valence-electron chi connectivity index (χ1n) is 7.44. The van der Waals surface area contributed by atoms with Gasteiger partial charge in [-0.3, -0.25) is 4.79 Å². The molecule has 1 N–H and O–H groups in total. The lowest BCUT2D eigenvalue weighted by atomic mass is 10.2. The van der Waals surface area contributed by atoms with Gasteiger partial charge in [-0.1, -0.05) is 44.0 Å². The van der Waals surface area contributed by atoms with Crippen molar-refractivity contribution in [2.75, 3.05) is 26.2 Å². The van der Waals surface area contributed by atoms with Gasteiger partial charge in [0.2, 0.25) is 0 Å². The quantitative estimate of drug-likeness (QED) is 0.706. The summed E-state index contributed by atoms with van der Waals surface area (Å²) in [5.74, 6) is -0.0839. The summed E-state index contributed by atoms with van der Waals surface area (Å²) in [5, 5.41) is 3.42. The molecule has 0 aromatic heterocycles. The van der Waals surface area contributed by atoms with E-state index in [1.165, 1.54) is 6.42 Å². The molecule has 3 nitrogen and oxygen atoms in total. The van der Waals surface area contributed by atoms with Gasteiger partial charge in [0.1, 0.15) is 0 Å². The molecule has 0 atom stereocenters. The molecular weight excluding hydrogens is 272 g/mol. The lowest BCUT2D eigenvalue weighted by Crippen LogP contribution is -2.26. The molecule has 112 valence electrons. The highest BCUT2D eigenvalue weighted by Gasteiger charge is 2.08. The van der Waals surface area contributed by atoms with Crippen LogP contribution in [0.4, 0.5) is 0 Å². The van der Waals surface area contributed by atoms with Crippen molar-refractivity contribution in [3.8, 4) is 0 Å². The number of hydrogen-bond donors (Lipinski definition) is 1. The van der Waals surface area contributed by atoms with Crippen molar-refractivity contribution in [2.24, 2.45) is 0 Å². The number of hydrogen-bond acceptors (Lipinski definition) is 2. The first kappa shape index (κ1) is 17.0. The molecule has 20 heavy (non-hydrogen) atoms. The Hall–Kier alpha value is -1.06. The zero-order valence-electron chi connectivity index (χ0n) is 12.5. The van der Waals surface area contributed by atoms with Crippen molar-refractivity contribution in [3.63, 3.8) is 0 Å². The summed E-state index contributed by atoms with van der Waals surface area (Å²) in [6, 6.07) is 7.13. The molecule has 0 aliphatic carbocycles. The number of nitrogens with one attached hydrogen (secondary N) is 1. The van der Waals surface area contributed by atoms with Gasteiger partial charge in [0.05, 0.1) is 10.6 Å². The van der Waals surface area contributed by atoms with Crippen molar-refractivity contribution < 1.29 is 4.79 Å². The van der Waals surface area contributed by atoms with Crippen molar-refractivity contribution >= 4 is 17.5 Å². The predicted molar refractivity (Wildman–Crippen MR) is 85.4 cm³/mol. The monoisotopic (exact) mass is 296 g/mol. The molecule has 1 amide bonds. The molecule has 0 aliphatic heterocycles. The topological polar surface area (TPSA) is 32.3 Å². The summed E-state index contributed by atoms with van der Waals surface area (Å²) >= 11 is 5.98. The van der Waals surface area contributed by atoms with Gasteiger partial charge < -0.3 is 10.2 Å². The molecule has 0 unspecified atom stereocenters. The van der Waals surface area contributed by atoms with Crippen LogP contribution in [0.1, 0.15) is 43.5 Å². The number of rotatable bonds is 9. The lowest BCUT2D eigenvalue weighted by molar-refractivity contribution is 0.0953. The van der Waals surface area contributed by atoms with Crippen molar-refractivity contribution in [3.05, 3.63) is 34.9 Å². The first-order valence-corrected chi connectivity index (χ1v) is 7.81. The highest BCUT2D eigenvalue weighted by atomic mass is 35.5. The van der Waals surface area contributed by atoms with E-state index in [0.29, 0.717) is 17.1 Å². The van der Waals surface area contributed by atoms with Gasteiger partial charge in [-0.15, -0.1) is 0 Å². The largest absolute Gasteiger partial charge is 0.352 e. The van der Waals surface area contributed by atoms with Crippen LogP contribution in [0.3, 0.4) is 0 Å². The van der Waals surface area contributed by atoms with Crippen LogP contribution in [0, 0.1) is 0 Å². The zero-order chi connectivity index (χ0) is 14.8. The van der Waals surface area contributed by atoms with E-state index >= 15 is 0 Å². The van der Waals surface area contributed by atoms with E-state index in [2.05, 4.69) is 24.1 Å². The summed E-state index contributed by atoms with van der Waals surface area (Å²) in [6.45, 7) is 8.45. The second kappa shape index (κ2) is 9.78. The average Bonchev–Trinajstić information content (AvgIpc) is 2.47. The average molecular weight is 297 g/mol. The van der Waals surface area contributed by atoms with E-state index in [1.54, 1.807) is 12.1 Å². The second-order valence-corrected chi connectivity index (χ2v) is 5.23. The molecular formula is C16H25ClN2O. The Labute approximate surface area is 127 Å². The number of carbonyl (C=O) groups excluding carboxylic acids is 1. The molecule has 0 fully saturated rings. The van der Waals surface area contributed by atoms with E-state index in [9.17, 15) is 4.79 Å². The van der Waals surface area contributed by atoms with Crippen molar-refractivity contribution in [2.45, 2.75) is 33.1 Å². The van der Waals surface area contributed by atoms with Gasteiger partial charge in [0, 0.05) is 6.54 Å². The number of carbonyl (C=O) groups is 1. The normalized spacial score (nSPS) is 10.8. The van der Waals surface area contributed by atoms with Gasteiger partial charge in [-0.25, -0.2) is 0 Å². The van der Waals surface area contributed by atoms with Crippen LogP contribution in [-0.4, -0.2) is 37.0 Å². The third-order valence-electron chi connectivity index (χ3n) is 3.45. The van der Waals surface area contributed by atoms with E-state index in [4.69, 9.17) is 11.6 Å². The molecule has 1 rings (SSSR count). The Morgan fingerprint density at radius 2 is 1.85 bits per heavy atom. The Balaban J connectivity index is 2.16. The smallest absolute Gasteiger partial charge is 0.252 e. The van der Waals surface area contributed by atoms with E-state index < -0.39 is 0 Å². The van der Waals surface area contributed by atoms with Crippen molar-refractivity contribution in [1.82, 2.24) is 10.2 Å². The van der Waals surface area contributed by atoms with Gasteiger partial charge in [-0.05, 0) is 44.6 Å². The first-order chi connectivity index (χ1) is 9.69. The fourth-order valence-electron chi connectivity index (χ4n) is 2.12. The minimum Gasteiger partial charge on any atom is -0.352 e. The number of benzene rings is 1. The Morgan fingerprint density at radius 3 is 2.50 bits per heavy atom. The van der Waals surface area contributed by atoms with Gasteiger partial charge in [-0.2, -0.15) is 0 Å². The maximum atomic E-state index is 11.9. The van der Waals surface area contributed by atoms with Crippen LogP contribution < -0.4 is 5.32 Å². The molecule has 0 heterocycles. The summed E-state index contributed by atoms with van der Waals surface area (Å²) in [7, 11) is 0. The zero-order valence-corrected chi connectivity index (χ0v) is 13.2. The number of nitrogens with zero attached hydrogens (tertiary/aromatic N) is 1. The second-order valence-electron chi connectivity index (χ2n) is 4.82. The predicted octanol–water partition coefficient (Wildman–Crippen LogP) is 3.58.